The number of fused-ring (bicyclic) bond motifs is 1. The largest absolute Gasteiger partial charge is 0.488 e. The van der Waals surface area contributed by atoms with Crippen LogP contribution in [-0.4, -0.2) is 66.9 Å². The topological polar surface area (TPSA) is 132 Å². The fourth-order valence-electron chi connectivity index (χ4n) is 3.21. The number of nitrogens with one attached hydrogen (secondary N) is 3. The van der Waals surface area contributed by atoms with Crippen LogP contribution in [0.2, 0.25) is 0 Å². The van der Waals surface area contributed by atoms with Gasteiger partial charge in [-0.25, -0.2) is 14.0 Å². The molecule has 2 heterocycles. The fourth-order valence-corrected chi connectivity index (χ4v) is 3.21. The number of hydrogen-bond donors (Lipinski definition) is 5. The zero-order chi connectivity index (χ0) is 24.4. The molecule has 0 spiro atoms. The minimum absolute atomic E-state index is 0.231. The first kappa shape index (κ1) is 26.2. The predicted octanol–water partition coefficient (Wildman–Crippen LogP) is 1.61. The Morgan fingerprint density at radius 1 is 1.21 bits per heavy atom. The Hall–Kier alpha value is -3.09. The zero-order valence-electron chi connectivity index (χ0n) is 17.7. The molecular weight excluding hydrogens is 452 g/mol. The van der Waals surface area contributed by atoms with Crippen LogP contribution in [0.3, 0.4) is 0 Å². The van der Waals surface area contributed by atoms with Crippen molar-refractivity contribution in [2.45, 2.75) is 38.0 Å². The summed E-state index contributed by atoms with van der Waals surface area (Å²) in [7, 11) is 0. The van der Waals surface area contributed by atoms with Crippen LogP contribution >= 0.6 is 0 Å². The molecule has 33 heavy (non-hydrogen) atoms. The Balaban J connectivity index is 0.000000569. The summed E-state index contributed by atoms with van der Waals surface area (Å²) in [5, 5.41) is 24.4. The van der Waals surface area contributed by atoms with Gasteiger partial charge in [0.25, 0.3) is 0 Å². The highest BCUT2D eigenvalue weighted by Gasteiger charge is 2.38. The highest BCUT2D eigenvalue weighted by molar-refractivity contribution is 6.27. The van der Waals surface area contributed by atoms with Gasteiger partial charge in [-0.2, -0.15) is 13.2 Å². The summed E-state index contributed by atoms with van der Waals surface area (Å²) in [5.41, 5.74) is -0.754. The maximum absolute atomic E-state index is 13.5. The second kappa shape index (κ2) is 12.2. The third-order valence-electron chi connectivity index (χ3n) is 4.73. The number of aliphatic imine (C=N–C) groups is 1. The van der Waals surface area contributed by atoms with Crippen LogP contribution in [0.5, 0.6) is 5.75 Å². The number of carbonyl (C=O) groups is 2. The van der Waals surface area contributed by atoms with Gasteiger partial charge in [0, 0.05) is 26.2 Å². The number of ether oxygens (including phenoxy) is 1. The average molecular weight is 478 g/mol. The van der Waals surface area contributed by atoms with Crippen molar-refractivity contribution in [1.82, 2.24) is 16.0 Å². The molecule has 1 aromatic carbocycles. The van der Waals surface area contributed by atoms with E-state index < -0.39 is 29.5 Å². The smallest absolute Gasteiger partial charge is 0.420 e. The molecule has 2 aliphatic rings. The van der Waals surface area contributed by atoms with Crippen molar-refractivity contribution in [3.63, 3.8) is 0 Å². The highest BCUT2D eigenvalue weighted by atomic mass is 19.4. The summed E-state index contributed by atoms with van der Waals surface area (Å²) >= 11 is 0. The Kier molecular flexibility index (Phi) is 9.70. The summed E-state index contributed by atoms with van der Waals surface area (Å²) in [4.78, 5) is 22.5. The molecule has 2 aliphatic heterocycles. The lowest BCUT2D eigenvalue weighted by molar-refractivity contribution is -0.159. The summed E-state index contributed by atoms with van der Waals surface area (Å²) in [6.07, 6.45) is -2.18. The van der Waals surface area contributed by atoms with Gasteiger partial charge in [-0.1, -0.05) is 0 Å². The molecule has 1 aromatic rings. The lowest BCUT2D eigenvalue weighted by Gasteiger charge is -2.29. The molecule has 0 saturated heterocycles. The van der Waals surface area contributed by atoms with E-state index in [1.165, 1.54) is 0 Å². The Morgan fingerprint density at radius 2 is 1.94 bits per heavy atom. The first-order valence-corrected chi connectivity index (χ1v) is 10.3. The molecule has 184 valence electrons. The average Bonchev–Trinajstić information content (AvgIpc) is 2.76. The van der Waals surface area contributed by atoms with Crippen molar-refractivity contribution in [2.75, 3.05) is 32.7 Å². The molecule has 0 fully saturated rings. The number of nitrogens with zero attached hydrogens (tertiary/aromatic N) is 1. The maximum atomic E-state index is 13.5. The van der Waals surface area contributed by atoms with E-state index in [4.69, 9.17) is 24.5 Å². The molecule has 9 nitrogen and oxygen atoms in total. The maximum Gasteiger partial charge on any atom is 0.420 e. The van der Waals surface area contributed by atoms with E-state index in [1.807, 2.05) is 0 Å². The van der Waals surface area contributed by atoms with Gasteiger partial charge in [0.05, 0.1) is 0 Å². The van der Waals surface area contributed by atoms with Gasteiger partial charge in [0.15, 0.2) is 5.96 Å². The highest BCUT2D eigenvalue weighted by Crippen LogP contribution is 2.41. The molecular formula is C20H26F4N4O5. The van der Waals surface area contributed by atoms with Gasteiger partial charge in [-0.15, -0.1) is 0 Å². The van der Waals surface area contributed by atoms with Gasteiger partial charge >= 0.3 is 18.1 Å². The molecule has 13 heteroatoms. The molecule has 1 unspecified atom stereocenters. The van der Waals surface area contributed by atoms with Crippen LogP contribution in [0.15, 0.2) is 17.1 Å². The van der Waals surface area contributed by atoms with Crippen LogP contribution in [0.1, 0.15) is 30.4 Å². The number of hydrogen-bond acceptors (Lipinski definition) is 7. The molecule has 0 bridgehead atoms. The molecule has 1 atom stereocenters. The molecule has 0 amide bonds. The van der Waals surface area contributed by atoms with Crippen molar-refractivity contribution < 1.29 is 42.1 Å². The quantitative estimate of drug-likeness (QED) is 0.237. The van der Waals surface area contributed by atoms with Crippen molar-refractivity contribution in [3.8, 4) is 5.75 Å². The third-order valence-corrected chi connectivity index (χ3v) is 4.73. The van der Waals surface area contributed by atoms with E-state index in [0.29, 0.717) is 32.0 Å². The van der Waals surface area contributed by atoms with Gasteiger partial charge in [0.2, 0.25) is 0 Å². The minimum atomic E-state index is -4.64. The van der Waals surface area contributed by atoms with Crippen molar-refractivity contribution in [3.05, 3.63) is 29.1 Å². The van der Waals surface area contributed by atoms with E-state index in [2.05, 4.69) is 20.9 Å². The van der Waals surface area contributed by atoms with E-state index in [1.54, 1.807) is 0 Å². The van der Waals surface area contributed by atoms with E-state index in [9.17, 15) is 17.6 Å². The van der Waals surface area contributed by atoms with Crippen LogP contribution < -0.4 is 20.7 Å². The number of halogens is 4. The molecule has 0 aliphatic carbocycles. The lowest BCUT2D eigenvalue weighted by atomic mass is 9.98. The summed E-state index contributed by atoms with van der Waals surface area (Å²) in [6, 6.07) is 1.63. The number of benzene rings is 1. The number of rotatable bonds is 6. The first-order valence-electron chi connectivity index (χ1n) is 10.3. The van der Waals surface area contributed by atoms with Crippen LogP contribution in [-0.2, 0) is 22.2 Å². The number of aryl methyl sites for hydroxylation is 1. The zero-order valence-corrected chi connectivity index (χ0v) is 17.7. The minimum Gasteiger partial charge on any atom is -0.488 e. The van der Waals surface area contributed by atoms with Gasteiger partial charge in [-0.3, -0.25) is 4.99 Å². The number of carboxylic acid groups (broad SMARTS) is 2. The van der Waals surface area contributed by atoms with Crippen molar-refractivity contribution in [1.29, 1.82) is 0 Å². The van der Waals surface area contributed by atoms with Gasteiger partial charge < -0.3 is 30.9 Å². The number of carboxylic acids is 2. The normalized spacial score (nSPS) is 17.3. The predicted molar refractivity (Wildman–Crippen MR) is 110 cm³/mol. The fraction of sp³-hybridized carbons (Fsp3) is 0.550. The summed E-state index contributed by atoms with van der Waals surface area (Å²) in [6.45, 7) is 3.67. The van der Waals surface area contributed by atoms with Crippen molar-refractivity contribution >= 4 is 17.9 Å². The number of alkyl halides is 3. The van der Waals surface area contributed by atoms with Crippen LogP contribution in [0.4, 0.5) is 17.6 Å². The van der Waals surface area contributed by atoms with Gasteiger partial charge in [-0.05, 0) is 49.9 Å². The van der Waals surface area contributed by atoms with Crippen LogP contribution in [0, 0.1) is 5.82 Å². The first-order chi connectivity index (χ1) is 15.6. The Bertz CT molecular complexity index is 852. The monoisotopic (exact) mass is 478 g/mol. The summed E-state index contributed by atoms with van der Waals surface area (Å²) in [5.74, 6) is -3.94. The van der Waals surface area contributed by atoms with E-state index in [-0.39, 0.29) is 17.4 Å². The number of guanidine groups is 1. The van der Waals surface area contributed by atoms with E-state index >= 15 is 0 Å². The lowest BCUT2D eigenvalue weighted by Crippen LogP contribution is -2.42. The Labute approximate surface area is 187 Å². The SMILES string of the molecule is Fc1cc2c(c(C(F)(F)F)c1)OC(CNCCCNC1=NCCCN1)CC2.O=C(O)C(=O)O. The van der Waals surface area contributed by atoms with Gasteiger partial charge in [0.1, 0.15) is 23.2 Å². The second-order valence-corrected chi connectivity index (χ2v) is 7.32. The van der Waals surface area contributed by atoms with Crippen molar-refractivity contribution in [2.24, 2.45) is 4.99 Å². The standard InChI is InChI=1S/C18H24F4N4O.C2H2O4/c19-13-9-12-3-4-14(27-16(12)15(10-13)18(20,21)22)11-23-5-1-6-24-17-25-7-2-8-26-17;3-1(4)2(5)6/h9-10,14,23H,1-8,11H2,(H2,24,25,26);(H,3,4)(H,5,6). The molecule has 0 radical (unpaired) electrons. The molecule has 3 rings (SSSR count). The van der Waals surface area contributed by atoms with Crippen LogP contribution in [0.25, 0.3) is 0 Å². The second-order valence-electron chi connectivity index (χ2n) is 7.32. The molecule has 5 N–H and O–H groups in total. The molecule has 0 aromatic heterocycles. The molecule has 0 saturated carbocycles. The number of aliphatic carboxylic acids is 2. The summed E-state index contributed by atoms with van der Waals surface area (Å²) < 4.78 is 58.4. The third kappa shape index (κ3) is 8.75. The Morgan fingerprint density at radius 3 is 2.55 bits per heavy atom. The van der Waals surface area contributed by atoms with E-state index in [0.717, 1.165) is 44.5 Å².